The lowest BCUT2D eigenvalue weighted by Gasteiger charge is -2.33. The van der Waals surface area contributed by atoms with Gasteiger partial charge in [0.1, 0.15) is 11.5 Å². The number of phenols is 1. The molecular formula is C40H40N4O9. The highest BCUT2D eigenvalue weighted by molar-refractivity contribution is 5.94. The van der Waals surface area contributed by atoms with Crippen LogP contribution in [0, 0.1) is 0 Å². The first-order valence-corrected chi connectivity index (χ1v) is 17.2. The Morgan fingerprint density at radius 3 is 2.45 bits per heavy atom. The molecule has 53 heavy (non-hydrogen) atoms. The van der Waals surface area contributed by atoms with Crippen LogP contribution in [0.1, 0.15) is 51.6 Å². The molecule has 0 radical (unpaired) electrons. The van der Waals surface area contributed by atoms with Crippen molar-refractivity contribution in [2.45, 2.75) is 37.1 Å². The van der Waals surface area contributed by atoms with E-state index in [4.69, 9.17) is 4.74 Å². The SMILES string of the molecule is O=C(N[C@@H]1CCCN(C(=O)COc2cccc([C@](O)(C(=O)O)c3ccccc3)c2)C1)c1ccc(CNC[C@H](O)c2ccc(O)c3[nH]c(=O)ccc23)cc1. The van der Waals surface area contributed by atoms with Gasteiger partial charge >= 0.3 is 5.97 Å². The topological polar surface area (TPSA) is 202 Å². The second-order valence-corrected chi connectivity index (χ2v) is 13.0. The van der Waals surface area contributed by atoms with Crippen LogP contribution in [0.5, 0.6) is 11.5 Å². The molecule has 0 spiro atoms. The summed E-state index contributed by atoms with van der Waals surface area (Å²) >= 11 is 0. The summed E-state index contributed by atoms with van der Waals surface area (Å²) in [5, 5.41) is 48.7. The molecule has 6 rings (SSSR count). The summed E-state index contributed by atoms with van der Waals surface area (Å²) in [5.41, 5.74) is -0.211. The van der Waals surface area contributed by atoms with Gasteiger partial charge in [0.2, 0.25) is 11.2 Å². The maximum absolute atomic E-state index is 13.1. The van der Waals surface area contributed by atoms with Gasteiger partial charge in [0.25, 0.3) is 11.8 Å². The van der Waals surface area contributed by atoms with E-state index in [1.807, 2.05) is 12.1 Å². The van der Waals surface area contributed by atoms with E-state index < -0.39 is 17.7 Å². The number of aliphatic hydroxyl groups is 2. The fraction of sp³-hybridized carbons (Fsp3) is 0.250. The largest absolute Gasteiger partial charge is 0.506 e. The summed E-state index contributed by atoms with van der Waals surface area (Å²) in [7, 11) is 0. The molecule has 1 aliphatic rings. The molecule has 13 nitrogen and oxygen atoms in total. The van der Waals surface area contributed by atoms with Crippen molar-refractivity contribution in [2.75, 3.05) is 26.2 Å². The first kappa shape index (κ1) is 36.8. The molecule has 4 aromatic carbocycles. The van der Waals surface area contributed by atoms with Gasteiger partial charge < -0.3 is 45.7 Å². The zero-order valence-corrected chi connectivity index (χ0v) is 28.7. The Bertz CT molecular complexity index is 2160. The number of aromatic nitrogens is 1. The van der Waals surface area contributed by atoms with Gasteiger partial charge in [0.15, 0.2) is 6.61 Å². The smallest absolute Gasteiger partial charge is 0.345 e. The summed E-state index contributed by atoms with van der Waals surface area (Å²) in [6.45, 7) is 1.13. The third-order valence-corrected chi connectivity index (χ3v) is 9.37. The Hall–Kier alpha value is -6.02. The molecule has 0 aliphatic carbocycles. The molecule has 274 valence electrons. The average molecular weight is 721 g/mol. The predicted molar refractivity (Wildman–Crippen MR) is 195 cm³/mol. The number of aliphatic carboxylic acids is 1. The highest BCUT2D eigenvalue weighted by atomic mass is 16.5. The van der Waals surface area contributed by atoms with Gasteiger partial charge in [0.05, 0.1) is 11.6 Å². The maximum atomic E-state index is 13.1. The zero-order chi connectivity index (χ0) is 37.5. The number of rotatable bonds is 13. The number of carbonyl (C=O) groups excluding carboxylic acids is 2. The first-order chi connectivity index (χ1) is 25.5. The third-order valence-electron chi connectivity index (χ3n) is 9.37. The minimum absolute atomic E-state index is 0.0792. The van der Waals surface area contributed by atoms with Crippen molar-refractivity contribution in [3.05, 3.63) is 141 Å². The fourth-order valence-electron chi connectivity index (χ4n) is 6.52. The second-order valence-electron chi connectivity index (χ2n) is 13.0. The summed E-state index contributed by atoms with van der Waals surface area (Å²) in [6.07, 6.45) is 0.477. The maximum Gasteiger partial charge on any atom is 0.345 e. The van der Waals surface area contributed by atoms with Crippen molar-refractivity contribution in [3.8, 4) is 11.5 Å². The number of likely N-dealkylation sites (tertiary alicyclic amines) is 1. The number of aliphatic hydroxyl groups excluding tert-OH is 1. The summed E-state index contributed by atoms with van der Waals surface area (Å²) in [5.74, 6) is -1.85. The lowest BCUT2D eigenvalue weighted by atomic mass is 9.86. The van der Waals surface area contributed by atoms with Crippen LogP contribution in [0.15, 0.2) is 108 Å². The number of piperidine rings is 1. The number of nitrogens with one attached hydrogen (secondary N) is 3. The van der Waals surface area contributed by atoms with Gasteiger partial charge in [-0.1, -0.05) is 60.7 Å². The van der Waals surface area contributed by atoms with Crippen LogP contribution in [-0.2, 0) is 21.7 Å². The molecule has 1 aromatic heterocycles. The van der Waals surface area contributed by atoms with Crippen LogP contribution < -0.4 is 20.9 Å². The van der Waals surface area contributed by atoms with E-state index in [0.29, 0.717) is 49.0 Å². The summed E-state index contributed by atoms with van der Waals surface area (Å²) in [6, 6.07) is 26.8. The van der Waals surface area contributed by atoms with Gasteiger partial charge in [-0.15, -0.1) is 0 Å². The van der Waals surface area contributed by atoms with E-state index in [1.54, 1.807) is 59.5 Å². The number of hydrogen-bond acceptors (Lipinski definition) is 9. The quantitative estimate of drug-likeness (QED) is 0.0948. The molecule has 1 aliphatic heterocycles. The zero-order valence-electron chi connectivity index (χ0n) is 28.7. The molecule has 0 unspecified atom stereocenters. The number of aromatic hydroxyl groups is 1. The molecular weight excluding hydrogens is 680 g/mol. The highest BCUT2D eigenvalue weighted by Crippen LogP contribution is 2.32. The molecule has 1 saturated heterocycles. The lowest BCUT2D eigenvalue weighted by molar-refractivity contribution is -0.155. The number of nitrogens with zero attached hydrogens (tertiary/aromatic N) is 1. The van der Waals surface area contributed by atoms with Crippen LogP contribution in [-0.4, -0.2) is 80.4 Å². The van der Waals surface area contributed by atoms with Crippen molar-refractivity contribution in [3.63, 3.8) is 0 Å². The van der Waals surface area contributed by atoms with Crippen molar-refractivity contribution < 1.29 is 39.5 Å². The van der Waals surface area contributed by atoms with E-state index in [0.717, 1.165) is 5.56 Å². The predicted octanol–water partition coefficient (Wildman–Crippen LogP) is 3.18. The normalized spacial score (nSPS) is 16.0. The molecule has 13 heteroatoms. The number of hydrogen-bond donors (Lipinski definition) is 7. The fourth-order valence-corrected chi connectivity index (χ4v) is 6.52. The number of amides is 2. The van der Waals surface area contributed by atoms with Crippen LogP contribution >= 0.6 is 0 Å². The van der Waals surface area contributed by atoms with Crippen molar-refractivity contribution in [1.29, 1.82) is 0 Å². The lowest BCUT2D eigenvalue weighted by Crippen LogP contribution is -2.50. The highest BCUT2D eigenvalue weighted by Gasteiger charge is 2.40. The third kappa shape index (κ3) is 8.39. The van der Waals surface area contributed by atoms with E-state index in [2.05, 4.69) is 15.6 Å². The molecule has 2 amide bonds. The van der Waals surface area contributed by atoms with Gasteiger partial charge in [-0.05, 0) is 65.9 Å². The molecule has 1 fully saturated rings. The second kappa shape index (κ2) is 16.1. The number of benzene rings is 4. The average Bonchev–Trinajstić information content (AvgIpc) is 3.17. The molecule has 0 saturated carbocycles. The number of aromatic amines is 1. The van der Waals surface area contributed by atoms with Gasteiger partial charge in [0, 0.05) is 54.8 Å². The van der Waals surface area contributed by atoms with Crippen LogP contribution in [0.25, 0.3) is 10.9 Å². The van der Waals surface area contributed by atoms with Gasteiger partial charge in [-0.2, -0.15) is 0 Å². The minimum Gasteiger partial charge on any atom is -0.506 e. The molecule has 3 atom stereocenters. The Labute approximate surface area is 304 Å². The first-order valence-electron chi connectivity index (χ1n) is 17.2. The summed E-state index contributed by atoms with van der Waals surface area (Å²) in [4.78, 5) is 54.3. The number of phenolic OH excluding ortho intramolecular Hbond substituents is 1. The number of fused-ring (bicyclic) bond motifs is 1. The Morgan fingerprint density at radius 2 is 1.70 bits per heavy atom. The number of ether oxygens (including phenoxy) is 1. The Kier molecular flexibility index (Phi) is 11.2. The number of carboxylic acid groups (broad SMARTS) is 1. The number of carboxylic acids is 1. The van der Waals surface area contributed by atoms with E-state index >= 15 is 0 Å². The van der Waals surface area contributed by atoms with Crippen LogP contribution in [0.3, 0.4) is 0 Å². The molecule has 5 aromatic rings. The minimum atomic E-state index is -2.31. The van der Waals surface area contributed by atoms with E-state index in [9.17, 15) is 39.6 Å². The number of H-pyrrole nitrogens is 1. The van der Waals surface area contributed by atoms with Crippen molar-refractivity contribution in [2.24, 2.45) is 0 Å². The standard InChI is InChI=1S/C40H40N4O9/c45-33-17-15-31(32-16-18-35(47)43-37(32)33)34(46)22-41-21-25-11-13-26(14-12-25)38(49)42-29-9-5-19-44(23-29)36(48)24-53-30-10-4-8-28(20-30)40(52,39(50)51)27-6-2-1-3-7-27/h1-4,6-8,10-18,20,29,34,41,45-46,52H,5,9,19,21-24H2,(H,42,49)(H,43,47)(H,50,51)/t29-,34+,40+/m1/s1. The van der Waals surface area contributed by atoms with Crippen LogP contribution in [0.2, 0.25) is 0 Å². The van der Waals surface area contributed by atoms with Crippen LogP contribution in [0.4, 0.5) is 0 Å². The number of carbonyl (C=O) groups is 3. The van der Waals surface area contributed by atoms with E-state index in [-0.39, 0.29) is 64.7 Å². The summed E-state index contributed by atoms with van der Waals surface area (Å²) < 4.78 is 5.74. The van der Waals surface area contributed by atoms with Crippen molar-refractivity contribution in [1.82, 2.24) is 20.5 Å². The molecule has 0 bridgehead atoms. The Balaban J connectivity index is 0.981. The number of pyridine rings is 1. The van der Waals surface area contributed by atoms with Gasteiger partial charge in [-0.25, -0.2) is 4.79 Å². The molecule has 7 N–H and O–H groups in total. The Morgan fingerprint density at radius 1 is 0.943 bits per heavy atom. The van der Waals surface area contributed by atoms with E-state index in [1.165, 1.54) is 36.4 Å². The van der Waals surface area contributed by atoms with Crippen molar-refractivity contribution >= 4 is 28.7 Å². The van der Waals surface area contributed by atoms with Gasteiger partial charge in [-0.3, -0.25) is 14.4 Å². The molecule has 2 heterocycles. The monoisotopic (exact) mass is 720 g/mol.